The molecule has 80 valence electrons. The van der Waals surface area contributed by atoms with E-state index in [2.05, 4.69) is 10.3 Å². The molecule has 4 heteroatoms. The topological polar surface area (TPSA) is 24.4 Å². The Balaban J connectivity index is 2.13. The van der Waals surface area contributed by atoms with Crippen LogP contribution in [0.5, 0.6) is 0 Å². The number of aliphatic imine (C=N–C) groups is 1. The Bertz CT molecular complexity index is 390. The first-order valence-electron chi connectivity index (χ1n) is 5.01. The molecule has 1 aliphatic rings. The van der Waals surface area contributed by atoms with Gasteiger partial charge in [0.05, 0.1) is 10.7 Å². The standard InChI is InChI=1S/C11H12ClFN2/c12-9-7-8(13)4-5-10(9)15-11-3-1-2-6-14-11/h4-5,7H,1-3,6H2,(H,14,15). The van der Waals surface area contributed by atoms with E-state index in [1.54, 1.807) is 6.07 Å². The maximum absolute atomic E-state index is 12.8. The molecule has 0 unspecified atom stereocenters. The normalized spacial score (nSPS) is 16.0. The molecular weight excluding hydrogens is 215 g/mol. The van der Waals surface area contributed by atoms with E-state index in [1.165, 1.54) is 12.1 Å². The zero-order valence-corrected chi connectivity index (χ0v) is 9.02. The Morgan fingerprint density at radius 3 is 2.87 bits per heavy atom. The predicted octanol–water partition coefficient (Wildman–Crippen LogP) is 3.47. The Kier molecular flexibility index (Phi) is 3.21. The lowest BCUT2D eigenvalue weighted by atomic mass is 10.2. The summed E-state index contributed by atoms with van der Waals surface area (Å²) in [5.74, 6) is 0.617. The van der Waals surface area contributed by atoms with Gasteiger partial charge in [-0.05, 0) is 31.0 Å². The second kappa shape index (κ2) is 4.62. The van der Waals surface area contributed by atoms with E-state index in [-0.39, 0.29) is 5.82 Å². The van der Waals surface area contributed by atoms with E-state index >= 15 is 0 Å². The molecule has 1 aliphatic heterocycles. The SMILES string of the molecule is Fc1ccc(NC2=NCCCC2)c(Cl)c1. The van der Waals surface area contributed by atoms with Crippen LogP contribution in [-0.2, 0) is 0 Å². The van der Waals surface area contributed by atoms with Crippen LogP contribution < -0.4 is 5.32 Å². The van der Waals surface area contributed by atoms with Gasteiger partial charge in [-0.15, -0.1) is 0 Å². The molecule has 1 aromatic carbocycles. The molecule has 0 atom stereocenters. The van der Waals surface area contributed by atoms with Crippen LogP contribution in [0, 0.1) is 5.82 Å². The Morgan fingerprint density at radius 1 is 1.33 bits per heavy atom. The van der Waals surface area contributed by atoms with Crippen molar-refractivity contribution in [1.29, 1.82) is 0 Å². The summed E-state index contributed by atoms with van der Waals surface area (Å²) in [6, 6.07) is 4.32. The largest absolute Gasteiger partial charge is 0.343 e. The summed E-state index contributed by atoms with van der Waals surface area (Å²) in [6.45, 7) is 0.862. The van der Waals surface area contributed by atoms with Crippen LogP contribution in [0.4, 0.5) is 10.1 Å². The molecule has 1 heterocycles. The first-order chi connectivity index (χ1) is 7.25. The second-order valence-corrected chi connectivity index (χ2v) is 3.94. The zero-order chi connectivity index (χ0) is 10.7. The second-order valence-electron chi connectivity index (χ2n) is 3.53. The van der Waals surface area contributed by atoms with Crippen LogP contribution in [0.2, 0.25) is 5.02 Å². The van der Waals surface area contributed by atoms with Crippen LogP contribution >= 0.6 is 11.6 Å². The fraction of sp³-hybridized carbons (Fsp3) is 0.364. The van der Waals surface area contributed by atoms with Gasteiger partial charge in [-0.1, -0.05) is 11.6 Å². The quantitative estimate of drug-likeness (QED) is 0.779. The monoisotopic (exact) mass is 226 g/mol. The minimum Gasteiger partial charge on any atom is -0.343 e. The van der Waals surface area contributed by atoms with Crippen molar-refractivity contribution in [2.24, 2.45) is 4.99 Å². The van der Waals surface area contributed by atoms with E-state index < -0.39 is 0 Å². The molecule has 0 fully saturated rings. The van der Waals surface area contributed by atoms with Gasteiger partial charge in [-0.25, -0.2) is 4.39 Å². The van der Waals surface area contributed by atoms with Gasteiger partial charge in [0, 0.05) is 13.0 Å². The highest BCUT2D eigenvalue weighted by molar-refractivity contribution is 6.33. The molecule has 0 aliphatic carbocycles. The lowest BCUT2D eigenvalue weighted by Gasteiger charge is -2.14. The van der Waals surface area contributed by atoms with E-state index in [9.17, 15) is 4.39 Å². The van der Waals surface area contributed by atoms with Crippen LogP contribution in [-0.4, -0.2) is 12.4 Å². The van der Waals surface area contributed by atoms with Crippen LogP contribution in [0.3, 0.4) is 0 Å². The van der Waals surface area contributed by atoms with Gasteiger partial charge in [0.25, 0.3) is 0 Å². The van der Waals surface area contributed by atoms with Gasteiger partial charge in [-0.2, -0.15) is 0 Å². The fourth-order valence-corrected chi connectivity index (χ4v) is 1.76. The van der Waals surface area contributed by atoms with Gasteiger partial charge in [0.2, 0.25) is 0 Å². The van der Waals surface area contributed by atoms with E-state index in [4.69, 9.17) is 11.6 Å². The van der Waals surface area contributed by atoms with Crippen LogP contribution in [0.15, 0.2) is 23.2 Å². The summed E-state index contributed by atoms with van der Waals surface area (Å²) in [5.41, 5.74) is 0.721. The van der Waals surface area contributed by atoms with E-state index in [0.29, 0.717) is 5.02 Å². The Morgan fingerprint density at radius 2 is 2.20 bits per heavy atom. The molecule has 0 saturated carbocycles. The molecule has 0 bridgehead atoms. The third kappa shape index (κ3) is 2.69. The molecule has 1 aromatic rings. The minimum absolute atomic E-state index is 0.323. The number of amidine groups is 1. The Labute approximate surface area is 93.2 Å². The van der Waals surface area contributed by atoms with Crippen molar-refractivity contribution in [3.8, 4) is 0 Å². The van der Waals surface area contributed by atoms with Gasteiger partial charge >= 0.3 is 0 Å². The van der Waals surface area contributed by atoms with Gasteiger partial charge in [-0.3, -0.25) is 4.99 Å². The van der Waals surface area contributed by atoms with Crippen LogP contribution in [0.1, 0.15) is 19.3 Å². The van der Waals surface area contributed by atoms with Crippen molar-refractivity contribution >= 4 is 23.1 Å². The van der Waals surface area contributed by atoms with Crippen molar-refractivity contribution in [3.05, 3.63) is 29.0 Å². The van der Waals surface area contributed by atoms with Crippen molar-refractivity contribution in [3.63, 3.8) is 0 Å². The third-order valence-electron chi connectivity index (χ3n) is 2.33. The highest BCUT2D eigenvalue weighted by atomic mass is 35.5. The first kappa shape index (κ1) is 10.4. The summed E-state index contributed by atoms with van der Waals surface area (Å²) in [5, 5.41) is 3.52. The maximum atomic E-state index is 12.8. The molecule has 2 nitrogen and oxygen atoms in total. The number of halogens is 2. The van der Waals surface area contributed by atoms with Gasteiger partial charge in [0.1, 0.15) is 11.7 Å². The van der Waals surface area contributed by atoms with Gasteiger partial charge in [0.15, 0.2) is 0 Å². The minimum atomic E-state index is -0.323. The van der Waals surface area contributed by atoms with E-state index in [1.807, 2.05) is 0 Å². The predicted molar refractivity (Wildman–Crippen MR) is 61.2 cm³/mol. The summed E-state index contributed by atoms with van der Waals surface area (Å²) < 4.78 is 12.8. The van der Waals surface area contributed by atoms with E-state index in [0.717, 1.165) is 37.3 Å². The molecule has 2 rings (SSSR count). The fourth-order valence-electron chi connectivity index (χ4n) is 1.55. The molecular formula is C11H12ClFN2. The van der Waals surface area contributed by atoms with Crippen molar-refractivity contribution < 1.29 is 4.39 Å². The van der Waals surface area contributed by atoms with Crippen LogP contribution in [0.25, 0.3) is 0 Å². The lowest BCUT2D eigenvalue weighted by Crippen LogP contribution is -2.16. The maximum Gasteiger partial charge on any atom is 0.124 e. The lowest BCUT2D eigenvalue weighted by molar-refractivity contribution is 0.628. The van der Waals surface area contributed by atoms with Gasteiger partial charge < -0.3 is 5.32 Å². The number of benzene rings is 1. The number of rotatable bonds is 1. The highest BCUT2D eigenvalue weighted by Crippen LogP contribution is 2.23. The number of hydrogen-bond donors (Lipinski definition) is 1. The zero-order valence-electron chi connectivity index (χ0n) is 8.26. The average Bonchev–Trinajstić information content (AvgIpc) is 2.24. The molecule has 0 aromatic heterocycles. The number of anilines is 1. The summed E-state index contributed by atoms with van der Waals surface area (Å²) in [4.78, 5) is 4.34. The average molecular weight is 227 g/mol. The van der Waals surface area contributed by atoms with Crippen molar-refractivity contribution in [2.45, 2.75) is 19.3 Å². The number of nitrogens with zero attached hydrogens (tertiary/aromatic N) is 1. The Hall–Kier alpha value is -1.09. The molecule has 1 N–H and O–H groups in total. The number of hydrogen-bond acceptors (Lipinski definition) is 2. The van der Waals surface area contributed by atoms with Crippen molar-refractivity contribution in [1.82, 2.24) is 0 Å². The summed E-state index contributed by atoms with van der Waals surface area (Å²) in [6.07, 6.45) is 3.22. The smallest absolute Gasteiger partial charge is 0.124 e. The summed E-state index contributed by atoms with van der Waals surface area (Å²) in [7, 11) is 0. The molecule has 0 saturated heterocycles. The molecule has 0 radical (unpaired) electrons. The first-order valence-corrected chi connectivity index (χ1v) is 5.39. The molecule has 15 heavy (non-hydrogen) atoms. The highest BCUT2D eigenvalue weighted by Gasteiger charge is 2.07. The third-order valence-corrected chi connectivity index (χ3v) is 2.65. The summed E-state index contributed by atoms with van der Waals surface area (Å²) >= 11 is 5.89. The van der Waals surface area contributed by atoms with Crippen molar-refractivity contribution in [2.75, 3.05) is 11.9 Å². The molecule has 0 amide bonds. The molecule has 0 spiro atoms. The number of nitrogens with one attached hydrogen (secondary N) is 1.